The summed E-state index contributed by atoms with van der Waals surface area (Å²) >= 11 is 0. The number of anilines is 1. The number of fused-ring (bicyclic) bond motifs is 1. The van der Waals surface area contributed by atoms with Gasteiger partial charge in [0.05, 0.1) is 22.9 Å². The van der Waals surface area contributed by atoms with Crippen LogP contribution in [0.4, 0.5) is 5.69 Å². The molecule has 6 nitrogen and oxygen atoms in total. The van der Waals surface area contributed by atoms with Gasteiger partial charge >= 0.3 is 0 Å². The smallest absolute Gasteiger partial charge is 0.253 e. The molecule has 0 atom stereocenters. The monoisotopic (exact) mass is 359 g/mol. The van der Waals surface area contributed by atoms with E-state index in [4.69, 9.17) is 11.1 Å². The molecule has 0 radical (unpaired) electrons. The van der Waals surface area contributed by atoms with Crippen LogP contribution in [-0.4, -0.2) is 40.1 Å². The molecule has 0 bridgehead atoms. The molecule has 4 rings (SSSR count). The summed E-state index contributed by atoms with van der Waals surface area (Å²) in [5.41, 5.74) is 10.7. The second-order valence-electron chi connectivity index (χ2n) is 6.80. The number of carbonyl (C=O) groups excluding carboxylic acids is 1. The lowest BCUT2D eigenvalue weighted by molar-refractivity contribution is 0.0724. The van der Waals surface area contributed by atoms with Crippen LogP contribution < -0.4 is 5.73 Å². The number of rotatable bonds is 3. The summed E-state index contributed by atoms with van der Waals surface area (Å²) in [6, 6.07) is 10.9. The van der Waals surface area contributed by atoms with Crippen LogP contribution in [0.3, 0.4) is 0 Å². The van der Waals surface area contributed by atoms with E-state index in [-0.39, 0.29) is 5.91 Å². The molecule has 1 aliphatic heterocycles. The number of aromatic nitrogens is 2. The quantitative estimate of drug-likeness (QED) is 0.552. The number of nitrogens with two attached hydrogens (primary N) is 1. The molecule has 136 valence electrons. The molecule has 0 spiro atoms. The minimum atomic E-state index is 0.0578. The molecule has 6 heteroatoms. The van der Waals surface area contributed by atoms with Crippen LogP contribution in [-0.2, 0) is 0 Å². The van der Waals surface area contributed by atoms with Crippen molar-refractivity contribution in [2.24, 2.45) is 0 Å². The highest BCUT2D eigenvalue weighted by atomic mass is 16.2. The van der Waals surface area contributed by atoms with Gasteiger partial charge in [0, 0.05) is 41.7 Å². The SMILES string of the molecule is N=Cc1cc(-c2cnc3ccc(C(=O)N4CCCCC4)cc3n2)ccc1N. The summed E-state index contributed by atoms with van der Waals surface area (Å²) in [6.45, 7) is 1.64. The van der Waals surface area contributed by atoms with Gasteiger partial charge in [-0.15, -0.1) is 0 Å². The number of benzene rings is 2. The number of nitrogens with zero attached hydrogens (tertiary/aromatic N) is 3. The van der Waals surface area contributed by atoms with Crippen molar-refractivity contribution < 1.29 is 4.79 Å². The molecule has 0 saturated carbocycles. The Labute approximate surface area is 157 Å². The molecule has 2 heterocycles. The fourth-order valence-corrected chi connectivity index (χ4v) is 3.42. The van der Waals surface area contributed by atoms with Gasteiger partial charge in [-0.05, 0) is 49.6 Å². The van der Waals surface area contributed by atoms with E-state index in [1.807, 2.05) is 35.2 Å². The zero-order valence-electron chi connectivity index (χ0n) is 15.0. The molecule has 1 fully saturated rings. The Balaban J connectivity index is 1.71. The van der Waals surface area contributed by atoms with E-state index in [9.17, 15) is 4.79 Å². The number of piperidine rings is 1. The van der Waals surface area contributed by atoms with Crippen molar-refractivity contribution in [3.8, 4) is 11.3 Å². The molecular formula is C21H21N5O. The first kappa shape index (κ1) is 17.1. The number of carbonyl (C=O) groups is 1. The van der Waals surface area contributed by atoms with Crippen LogP contribution in [0.1, 0.15) is 35.2 Å². The Morgan fingerprint density at radius 1 is 1.07 bits per heavy atom. The molecular weight excluding hydrogens is 338 g/mol. The van der Waals surface area contributed by atoms with Crippen molar-refractivity contribution in [3.63, 3.8) is 0 Å². The Morgan fingerprint density at radius 3 is 2.67 bits per heavy atom. The highest BCUT2D eigenvalue weighted by Gasteiger charge is 2.18. The Morgan fingerprint density at radius 2 is 1.89 bits per heavy atom. The lowest BCUT2D eigenvalue weighted by Gasteiger charge is -2.26. The van der Waals surface area contributed by atoms with Crippen molar-refractivity contribution in [1.82, 2.24) is 14.9 Å². The third-order valence-electron chi connectivity index (χ3n) is 4.97. The second-order valence-corrected chi connectivity index (χ2v) is 6.80. The van der Waals surface area contributed by atoms with Gasteiger partial charge < -0.3 is 16.0 Å². The van der Waals surface area contributed by atoms with Gasteiger partial charge in [-0.3, -0.25) is 9.78 Å². The van der Waals surface area contributed by atoms with Crippen LogP contribution >= 0.6 is 0 Å². The van der Waals surface area contributed by atoms with Gasteiger partial charge in [0.2, 0.25) is 0 Å². The summed E-state index contributed by atoms with van der Waals surface area (Å²) in [7, 11) is 0. The number of nitrogen functional groups attached to an aromatic ring is 1. The molecule has 3 aromatic rings. The number of amides is 1. The van der Waals surface area contributed by atoms with Crippen LogP contribution in [0.25, 0.3) is 22.3 Å². The van der Waals surface area contributed by atoms with Gasteiger partial charge in [-0.25, -0.2) is 4.98 Å². The third kappa shape index (κ3) is 3.38. The molecule has 1 amide bonds. The maximum Gasteiger partial charge on any atom is 0.253 e. The highest BCUT2D eigenvalue weighted by molar-refractivity contribution is 5.97. The molecule has 27 heavy (non-hydrogen) atoms. The zero-order valence-corrected chi connectivity index (χ0v) is 15.0. The summed E-state index contributed by atoms with van der Waals surface area (Å²) < 4.78 is 0. The predicted octanol–water partition coefficient (Wildman–Crippen LogP) is 3.50. The number of hydrogen-bond donors (Lipinski definition) is 2. The lowest BCUT2D eigenvalue weighted by Crippen LogP contribution is -2.35. The van der Waals surface area contributed by atoms with E-state index in [0.717, 1.165) is 37.0 Å². The molecule has 1 aliphatic rings. The van der Waals surface area contributed by atoms with Gasteiger partial charge in [-0.2, -0.15) is 0 Å². The van der Waals surface area contributed by atoms with Crippen molar-refractivity contribution in [2.75, 3.05) is 18.8 Å². The fourth-order valence-electron chi connectivity index (χ4n) is 3.42. The number of likely N-dealkylation sites (tertiary alicyclic amines) is 1. The van der Waals surface area contributed by atoms with E-state index < -0.39 is 0 Å². The minimum absolute atomic E-state index is 0.0578. The van der Waals surface area contributed by atoms with Gasteiger partial charge in [0.15, 0.2) is 0 Å². The topological polar surface area (TPSA) is 96.0 Å². The van der Waals surface area contributed by atoms with E-state index in [0.29, 0.717) is 28.0 Å². The normalized spacial score (nSPS) is 14.3. The maximum absolute atomic E-state index is 12.8. The van der Waals surface area contributed by atoms with Crippen LogP contribution in [0.5, 0.6) is 0 Å². The summed E-state index contributed by atoms with van der Waals surface area (Å²) in [4.78, 5) is 23.8. The first-order valence-electron chi connectivity index (χ1n) is 9.12. The molecule has 1 saturated heterocycles. The zero-order chi connectivity index (χ0) is 18.8. The van der Waals surface area contributed by atoms with Crippen molar-refractivity contribution >= 4 is 28.8 Å². The fraction of sp³-hybridized carbons (Fsp3) is 0.238. The van der Waals surface area contributed by atoms with Gasteiger partial charge in [0.1, 0.15) is 0 Å². The molecule has 1 aromatic heterocycles. The van der Waals surface area contributed by atoms with Gasteiger partial charge in [-0.1, -0.05) is 6.07 Å². The first-order chi connectivity index (χ1) is 13.2. The maximum atomic E-state index is 12.8. The van der Waals surface area contributed by atoms with Crippen LogP contribution in [0, 0.1) is 5.41 Å². The Bertz CT molecular complexity index is 1020. The largest absolute Gasteiger partial charge is 0.398 e. The predicted molar refractivity (Wildman–Crippen MR) is 107 cm³/mol. The van der Waals surface area contributed by atoms with Crippen molar-refractivity contribution in [1.29, 1.82) is 5.41 Å². The van der Waals surface area contributed by atoms with Crippen LogP contribution in [0.2, 0.25) is 0 Å². The second kappa shape index (κ2) is 7.15. The van der Waals surface area contributed by atoms with Crippen molar-refractivity contribution in [2.45, 2.75) is 19.3 Å². The average molecular weight is 359 g/mol. The lowest BCUT2D eigenvalue weighted by atomic mass is 10.1. The highest BCUT2D eigenvalue weighted by Crippen LogP contribution is 2.24. The van der Waals surface area contributed by atoms with Gasteiger partial charge in [0.25, 0.3) is 5.91 Å². The van der Waals surface area contributed by atoms with E-state index >= 15 is 0 Å². The molecule has 3 N–H and O–H groups in total. The third-order valence-corrected chi connectivity index (χ3v) is 4.97. The summed E-state index contributed by atoms with van der Waals surface area (Å²) in [6.07, 6.45) is 6.25. The Hall–Kier alpha value is -3.28. The standard InChI is InChI=1S/C21H21N5O/c22-12-16-10-14(4-6-17(16)23)20-13-24-18-7-5-15(11-19(18)25-20)21(27)26-8-2-1-3-9-26/h4-7,10-13,22H,1-3,8-9,23H2. The number of nitrogens with one attached hydrogen (secondary N) is 1. The van der Waals surface area contributed by atoms with Crippen molar-refractivity contribution in [3.05, 3.63) is 53.7 Å². The molecule has 2 aromatic carbocycles. The summed E-state index contributed by atoms with van der Waals surface area (Å²) in [5.74, 6) is 0.0578. The first-order valence-corrected chi connectivity index (χ1v) is 9.12. The Kier molecular flexibility index (Phi) is 4.54. The van der Waals surface area contributed by atoms with Crippen LogP contribution in [0.15, 0.2) is 42.6 Å². The minimum Gasteiger partial charge on any atom is -0.398 e. The van der Waals surface area contributed by atoms with E-state index in [2.05, 4.69) is 9.97 Å². The average Bonchev–Trinajstić information content (AvgIpc) is 2.73. The van der Waals surface area contributed by atoms with E-state index in [1.165, 1.54) is 12.6 Å². The summed E-state index contributed by atoms with van der Waals surface area (Å²) in [5, 5.41) is 7.46. The van der Waals surface area contributed by atoms with E-state index in [1.54, 1.807) is 12.3 Å². The number of hydrogen-bond acceptors (Lipinski definition) is 5. The molecule has 0 unspecified atom stereocenters. The molecule has 0 aliphatic carbocycles.